The summed E-state index contributed by atoms with van der Waals surface area (Å²) in [6.45, 7) is 15.6. The summed E-state index contributed by atoms with van der Waals surface area (Å²) in [5.41, 5.74) is 2.74. The molecule has 20 heavy (non-hydrogen) atoms. The Hall–Kier alpha value is -0.870. The van der Waals surface area contributed by atoms with Gasteiger partial charge in [-0.1, -0.05) is 6.92 Å². The minimum Gasteiger partial charge on any atom is -0.330 e. The van der Waals surface area contributed by atoms with E-state index in [1.165, 1.54) is 17.2 Å². The lowest BCUT2D eigenvalue weighted by Gasteiger charge is -2.31. The van der Waals surface area contributed by atoms with Crippen molar-refractivity contribution in [2.45, 2.75) is 72.6 Å². The van der Waals surface area contributed by atoms with Gasteiger partial charge < -0.3 is 9.88 Å². The number of hydrogen-bond donors (Lipinski definition) is 1. The Bertz CT molecular complexity index is 426. The highest BCUT2D eigenvalue weighted by Crippen LogP contribution is 2.17. The maximum Gasteiger partial charge on any atom is 0.109 e. The average Bonchev–Trinajstić information content (AvgIpc) is 2.76. The number of rotatable bonds is 6. The second-order valence-electron chi connectivity index (χ2n) is 6.28. The molecule has 2 rings (SSSR count). The number of nitrogens with zero attached hydrogens (tertiary/aromatic N) is 3. The van der Waals surface area contributed by atoms with Crippen LogP contribution in [0.25, 0.3) is 0 Å². The fourth-order valence-corrected chi connectivity index (χ4v) is 3.29. The van der Waals surface area contributed by atoms with Crippen LogP contribution in [-0.2, 0) is 25.9 Å². The first-order valence-electron chi connectivity index (χ1n) is 8.08. The molecule has 2 heterocycles. The van der Waals surface area contributed by atoms with Crippen molar-refractivity contribution in [2.75, 3.05) is 13.1 Å². The normalized spacial score (nSPS) is 15.4. The van der Waals surface area contributed by atoms with Gasteiger partial charge in [0.15, 0.2) is 0 Å². The molecule has 0 spiro atoms. The molecule has 1 aliphatic heterocycles. The third kappa shape index (κ3) is 3.23. The zero-order valence-corrected chi connectivity index (χ0v) is 13.7. The Kier molecular flexibility index (Phi) is 5.22. The van der Waals surface area contributed by atoms with Crippen molar-refractivity contribution in [3.8, 4) is 0 Å². The van der Waals surface area contributed by atoms with Gasteiger partial charge in [0.05, 0.1) is 5.69 Å². The standard InChI is InChI=1S/C16H30N4/c1-6-16-18-14-11-17-8-7-15(14)20(16)10-9-19(12(2)3)13(4)5/h12-13,17H,6-11H2,1-5H3. The number of nitrogens with one attached hydrogen (secondary N) is 1. The number of imidazole rings is 1. The van der Waals surface area contributed by atoms with Gasteiger partial charge in [0.1, 0.15) is 5.82 Å². The Morgan fingerprint density at radius 1 is 1.25 bits per heavy atom. The highest BCUT2D eigenvalue weighted by Gasteiger charge is 2.20. The molecular weight excluding hydrogens is 248 g/mol. The van der Waals surface area contributed by atoms with E-state index < -0.39 is 0 Å². The molecule has 4 heteroatoms. The number of aryl methyl sites for hydroxylation is 1. The van der Waals surface area contributed by atoms with E-state index >= 15 is 0 Å². The van der Waals surface area contributed by atoms with Gasteiger partial charge in [-0.25, -0.2) is 4.98 Å². The van der Waals surface area contributed by atoms with Gasteiger partial charge in [-0.2, -0.15) is 0 Å². The Morgan fingerprint density at radius 3 is 2.55 bits per heavy atom. The van der Waals surface area contributed by atoms with Crippen LogP contribution in [0.4, 0.5) is 0 Å². The molecule has 1 aliphatic rings. The van der Waals surface area contributed by atoms with Gasteiger partial charge in [-0.3, -0.25) is 4.90 Å². The van der Waals surface area contributed by atoms with Gasteiger partial charge in [0, 0.05) is 56.8 Å². The predicted molar refractivity (Wildman–Crippen MR) is 84.0 cm³/mol. The Labute approximate surface area is 123 Å². The highest BCUT2D eigenvalue weighted by molar-refractivity contribution is 5.20. The van der Waals surface area contributed by atoms with E-state index in [0.29, 0.717) is 12.1 Å². The van der Waals surface area contributed by atoms with Crippen LogP contribution in [0.5, 0.6) is 0 Å². The van der Waals surface area contributed by atoms with E-state index in [0.717, 1.165) is 39.0 Å². The van der Waals surface area contributed by atoms with Crippen LogP contribution in [0, 0.1) is 0 Å². The number of fused-ring (bicyclic) bond motifs is 1. The van der Waals surface area contributed by atoms with E-state index in [1.54, 1.807) is 0 Å². The zero-order valence-electron chi connectivity index (χ0n) is 13.7. The van der Waals surface area contributed by atoms with E-state index in [2.05, 4.69) is 49.4 Å². The summed E-state index contributed by atoms with van der Waals surface area (Å²) in [4.78, 5) is 7.38. The molecule has 0 aliphatic carbocycles. The van der Waals surface area contributed by atoms with Crippen molar-refractivity contribution in [3.63, 3.8) is 0 Å². The topological polar surface area (TPSA) is 33.1 Å². The molecule has 0 atom stereocenters. The van der Waals surface area contributed by atoms with E-state index in [-0.39, 0.29) is 0 Å². The van der Waals surface area contributed by atoms with Crippen LogP contribution in [0.3, 0.4) is 0 Å². The summed E-state index contributed by atoms with van der Waals surface area (Å²) in [5, 5.41) is 3.42. The summed E-state index contributed by atoms with van der Waals surface area (Å²) < 4.78 is 2.48. The van der Waals surface area contributed by atoms with Crippen molar-refractivity contribution in [3.05, 3.63) is 17.2 Å². The summed E-state index contributed by atoms with van der Waals surface area (Å²) in [6.07, 6.45) is 2.14. The lowest BCUT2D eigenvalue weighted by atomic mass is 10.2. The van der Waals surface area contributed by atoms with Crippen molar-refractivity contribution in [2.24, 2.45) is 0 Å². The number of aromatic nitrogens is 2. The molecule has 0 saturated heterocycles. The molecule has 0 radical (unpaired) electrons. The maximum atomic E-state index is 4.82. The quantitative estimate of drug-likeness (QED) is 0.866. The van der Waals surface area contributed by atoms with Crippen LogP contribution in [0.2, 0.25) is 0 Å². The van der Waals surface area contributed by atoms with E-state index in [4.69, 9.17) is 4.98 Å². The van der Waals surface area contributed by atoms with Crippen molar-refractivity contribution in [1.29, 1.82) is 0 Å². The molecule has 1 aromatic rings. The zero-order chi connectivity index (χ0) is 14.7. The first-order chi connectivity index (χ1) is 9.54. The Balaban J connectivity index is 2.14. The maximum absolute atomic E-state index is 4.82. The van der Waals surface area contributed by atoms with Crippen LogP contribution in [-0.4, -0.2) is 39.6 Å². The van der Waals surface area contributed by atoms with Gasteiger partial charge in [-0.05, 0) is 27.7 Å². The smallest absolute Gasteiger partial charge is 0.109 e. The van der Waals surface area contributed by atoms with Crippen LogP contribution in [0.1, 0.15) is 51.8 Å². The molecule has 1 N–H and O–H groups in total. The van der Waals surface area contributed by atoms with Crippen LogP contribution in [0.15, 0.2) is 0 Å². The van der Waals surface area contributed by atoms with Crippen LogP contribution < -0.4 is 5.32 Å². The third-order valence-electron chi connectivity index (χ3n) is 4.29. The fraction of sp³-hybridized carbons (Fsp3) is 0.812. The van der Waals surface area contributed by atoms with Gasteiger partial charge >= 0.3 is 0 Å². The monoisotopic (exact) mass is 278 g/mol. The van der Waals surface area contributed by atoms with Crippen LogP contribution >= 0.6 is 0 Å². The molecule has 4 nitrogen and oxygen atoms in total. The molecule has 0 amide bonds. The van der Waals surface area contributed by atoms with Crippen molar-refractivity contribution in [1.82, 2.24) is 19.8 Å². The fourth-order valence-electron chi connectivity index (χ4n) is 3.29. The lowest BCUT2D eigenvalue weighted by molar-refractivity contribution is 0.167. The molecule has 0 aromatic carbocycles. The molecule has 0 saturated carbocycles. The first kappa shape index (κ1) is 15.5. The second kappa shape index (κ2) is 6.72. The second-order valence-corrected chi connectivity index (χ2v) is 6.28. The SMILES string of the molecule is CCc1nc2c(n1CCN(C(C)C)C(C)C)CCNC2. The van der Waals surface area contributed by atoms with E-state index in [9.17, 15) is 0 Å². The molecule has 0 bridgehead atoms. The average molecular weight is 278 g/mol. The molecule has 1 aromatic heterocycles. The Morgan fingerprint density at radius 2 is 1.95 bits per heavy atom. The third-order valence-corrected chi connectivity index (χ3v) is 4.29. The van der Waals surface area contributed by atoms with Gasteiger partial charge in [-0.15, -0.1) is 0 Å². The minimum absolute atomic E-state index is 0.598. The summed E-state index contributed by atoms with van der Waals surface area (Å²) >= 11 is 0. The summed E-state index contributed by atoms with van der Waals surface area (Å²) in [7, 11) is 0. The minimum atomic E-state index is 0.598. The van der Waals surface area contributed by atoms with Gasteiger partial charge in [0.2, 0.25) is 0 Å². The first-order valence-corrected chi connectivity index (χ1v) is 8.08. The molecule has 114 valence electrons. The van der Waals surface area contributed by atoms with Gasteiger partial charge in [0.25, 0.3) is 0 Å². The van der Waals surface area contributed by atoms with E-state index in [1.807, 2.05) is 0 Å². The van der Waals surface area contributed by atoms with Crippen molar-refractivity contribution < 1.29 is 0 Å². The highest BCUT2D eigenvalue weighted by atomic mass is 15.2. The summed E-state index contributed by atoms with van der Waals surface area (Å²) in [6, 6.07) is 1.20. The predicted octanol–water partition coefficient (Wildman–Crippen LogP) is 2.21. The molecular formula is C16H30N4. The van der Waals surface area contributed by atoms with Crippen molar-refractivity contribution >= 4 is 0 Å². The molecule has 0 fully saturated rings. The summed E-state index contributed by atoms with van der Waals surface area (Å²) in [5.74, 6) is 1.26. The largest absolute Gasteiger partial charge is 0.330 e. The lowest BCUT2D eigenvalue weighted by Crippen LogP contribution is -2.39. The molecule has 0 unspecified atom stereocenters. The number of hydrogen-bond acceptors (Lipinski definition) is 3.